The normalized spacial score (nSPS) is 11.7. The number of anilines is 1. The first-order valence-corrected chi connectivity index (χ1v) is 10.7. The molecule has 2 aromatic heterocycles. The number of esters is 1. The summed E-state index contributed by atoms with van der Waals surface area (Å²) in [6.07, 6.45) is -0.974. The number of carbonyl (C=O) groups is 2. The highest BCUT2D eigenvalue weighted by Gasteiger charge is 2.24. The number of amides is 1. The minimum absolute atomic E-state index is 0.254. The zero-order valence-electron chi connectivity index (χ0n) is 17.1. The molecule has 0 saturated heterocycles. The molecule has 1 amide bonds. The molecule has 0 aliphatic heterocycles. The van der Waals surface area contributed by atoms with Gasteiger partial charge in [0, 0.05) is 11.8 Å². The minimum Gasteiger partial charge on any atom is -0.448 e. The molecular formula is C24H21N3O3S. The number of rotatable bonds is 6. The molecule has 0 fully saturated rings. The number of para-hydroxylation sites is 1. The predicted octanol–water partition coefficient (Wildman–Crippen LogP) is 5.09. The van der Waals surface area contributed by atoms with Crippen LogP contribution in [-0.4, -0.2) is 27.8 Å². The number of aryl methyl sites for hydroxylation is 1. The van der Waals surface area contributed by atoms with Gasteiger partial charge in [-0.2, -0.15) is 5.10 Å². The van der Waals surface area contributed by atoms with E-state index < -0.39 is 18.0 Å². The summed E-state index contributed by atoms with van der Waals surface area (Å²) in [5, 5.41) is 9.31. The van der Waals surface area contributed by atoms with E-state index in [4.69, 9.17) is 4.74 Å². The Labute approximate surface area is 184 Å². The maximum Gasteiger partial charge on any atom is 0.357 e. The fourth-order valence-corrected chi connectivity index (χ4v) is 3.67. The minimum atomic E-state index is -0.974. The zero-order chi connectivity index (χ0) is 21.8. The number of nitrogens with zero attached hydrogens (tertiary/aromatic N) is 2. The average molecular weight is 432 g/mol. The Bertz CT molecular complexity index is 1180. The Morgan fingerprint density at radius 2 is 1.77 bits per heavy atom. The van der Waals surface area contributed by atoms with Gasteiger partial charge in [-0.05, 0) is 49.6 Å². The van der Waals surface area contributed by atoms with E-state index >= 15 is 0 Å². The molecule has 1 N–H and O–H groups in total. The van der Waals surface area contributed by atoms with Crippen LogP contribution in [0.2, 0.25) is 0 Å². The van der Waals surface area contributed by atoms with Crippen molar-refractivity contribution in [2.45, 2.75) is 20.0 Å². The number of hydrogen-bond donors (Lipinski definition) is 1. The lowest BCUT2D eigenvalue weighted by Gasteiger charge is -2.14. The molecule has 2 heterocycles. The number of carbonyl (C=O) groups excluding carboxylic acids is 2. The van der Waals surface area contributed by atoms with E-state index in [2.05, 4.69) is 10.4 Å². The van der Waals surface area contributed by atoms with Crippen LogP contribution < -0.4 is 5.32 Å². The van der Waals surface area contributed by atoms with Crippen molar-refractivity contribution in [3.63, 3.8) is 0 Å². The van der Waals surface area contributed by atoms with Crippen molar-refractivity contribution in [1.82, 2.24) is 9.78 Å². The van der Waals surface area contributed by atoms with Crippen molar-refractivity contribution < 1.29 is 14.3 Å². The fourth-order valence-electron chi connectivity index (χ4n) is 2.99. The third-order valence-electron chi connectivity index (χ3n) is 4.67. The van der Waals surface area contributed by atoms with Gasteiger partial charge >= 0.3 is 5.97 Å². The highest BCUT2D eigenvalue weighted by atomic mass is 32.1. The summed E-state index contributed by atoms with van der Waals surface area (Å²) in [4.78, 5) is 26.4. The molecule has 0 radical (unpaired) electrons. The summed E-state index contributed by atoms with van der Waals surface area (Å²) >= 11 is 1.53. The van der Waals surface area contributed by atoms with Crippen LogP contribution >= 0.6 is 11.3 Å². The number of nitrogens with one attached hydrogen (secondary N) is 1. The molecule has 0 bridgehead atoms. The van der Waals surface area contributed by atoms with Crippen LogP contribution in [-0.2, 0) is 9.53 Å². The Morgan fingerprint density at radius 1 is 1.03 bits per heavy atom. The smallest absolute Gasteiger partial charge is 0.357 e. The van der Waals surface area contributed by atoms with E-state index in [-0.39, 0.29) is 5.69 Å². The molecule has 156 valence electrons. The summed E-state index contributed by atoms with van der Waals surface area (Å²) in [7, 11) is 0. The van der Waals surface area contributed by atoms with E-state index in [0.717, 1.165) is 16.1 Å². The molecule has 7 heteroatoms. The van der Waals surface area contributed by atoms with Gasteiger partial charge < -0.3 is 10.1 Å². The van der Waals surface area contributed by atoms with Crippen LogP contribution in [0.1, 0.15) is 23.0 Å². The second-order valence-electron chi connectivity index (χ2n) is 7.04. The first-order chi connectivity index (χ1) is 15.0. The molecule has 31 heavy (non-hydrogen) atoms. The van der Waals surface area contributed by atoms with Gasteiger partial charge in [-0.1, -0.05) is 42.0 Å². The quantitative estimate of drug-likeness (QED) is 0.432. The van der Waals surface area contributed by atoms with Gasteiger partial charge in [-0.15, -0.1) is 11.3 Å². The Kier molecular flexibility index (Phi) is 5.95. The molecule has 0 saturated carbocycles. The van der Waals surface area contributed by atoms with E-state index in [1.165, 1.54) is 11.3 Å². The van der Waals surface area contributed by atoms with E-state index in [1.807, 2.05) is 66.9 Å². The summed E-state index contributed by atoms with van der Waals surface area (Å²) in [5.41, 5.74) is 3.39. The van der Waals surface area contributed by atoms with Crippen LogP contribution in [0.5, 0.6) is 0 Å². The summed E-state index contributed by atoms with van der Waals surface area (Å²) in [5.74, 6) is -1.02. The number of aromatic nitrogens is 2. The van der Waals surface area contributed by atoms with Gasteiger partial charge in [-0.3, -0.25) is 4.79 Å². The van der Waals surface area contributed by atoms with Crippen molar-refractivity contribution in [1.29, 1.82) is 0 Å². The van der Waals surface area contributed by atoms with E-state index in [0.29, 0.717) is 11.4 Å². The molecule has 4 rings (SSSR count). The van der Waals surface area contributed by atoms with Crippen LogP contribution in [0, 0.1) is 6.92 Å². The van der Waals surface area contributed by atoms with Crippen LogP contribution in [0.3, 0.4) is 0 Å². The Morgan fingerprint density at radius 3 is 2.45 bits per heavy atom. The summed E-state index contributed by atoms with van der Waals surface area (Å²) < 4.78 is 7.02. The number of hydrogen-bond acceptors (Lipinski definition) is 5. The summed E-state index contributed by atoms with van der Waals surface area (Å²) in [6, 6.07) is 22.3. The number of benzene rings is 2. The molecule has 0 aliphatic rings. The molecule has 2 aromatic carbocycles. The molecule has 1 atom stereocenters. The van der Waals surface area contributed by atoms with Crippen molar-refractivity contribution in [3.8, 4) is 16.3 Å². The summed E-state index contributed by atoms with van der Waals surface area (Å²) in [6.45, 7) is 3.52. The second kappa shape index (κ2) is 8.97. The SMILES string of the molecule is Cc1ccc(NC(=O)C(C)OC(=O)c2cc(-c3cccs3)nn2-c2ccccc2)cc1. The lowest BCUT2D eigenvalue weighted by Crippen LogP contribution is -2.30. The van der Waals surface area contributed by atoms with Gasteiger partial charge in [0.1, 0.15) is 5.69 Å². The maximum absolute atomic E-state index is 13.0. The Balaban J connectivity index is 1.55. The fraction of sp³-hybridized carbons (Fsp3) is 0.125. The highest BCUT2D eigenvalue weighted by Crippen LogP contribution is 2.26. The average Bonchev–Trinajstić information content (AvgIpc) is 3.46. The molecule has 4 aromatic rings. The van der Waals surface area contributed by atoms with Gasteiger partial charge in [0.15, 0.2) is 11.8 Å². The van der Waals surface area contributed by atoms with E-state index in [1.54, 1.807) is 29.8 Å². The lowest BCUT2D eigenvalue weighted by molar-refractivity contribution is -0.123. The predicted molar refractivity (Wildman–Crippen MR) is 122 cm³/mol. The molecule has 6 nitrogen and oxygen atoms in total. The standard InChI is InChI=1S/C24H21N3O3S/c1-16-10-12-18(13-11-16)25-23(28)17(2)30-24(29)21-15-20(22-9-6-14-31-22)26-27(21)19-7-4-3-5-8-19/h3-15,17H,1-2H3,(H,25,28). The molecular weight excluding hydrogens is 410 g/mol. The molecule has 1 unspecified atom stereocenters. The third-order valence-corrected chi connectivity index (χ3v) is 5.56. The van der Waals surface area contributed by atoms with E-state index in [9.17, 15) is 9.59 Å². The first kappa shape index (κ1) is 20.6. The van der Waals surface area contributed by atoms with Crippen LogP contribution in [0.15, 0.2) is 78.2 Å². The zero-order valence-corrected chi connectivity index (χ0v) is 17.9. The topological polar surface area (TPSA) is 73.2 Å². The van der Waals surface area contributed by atoms with Crippen LogP contribution in [0.25, 0.3) is 16.3 Å². The molecule has 0 spiro atoms. The van der Waals surface area contributed by atoms with Crippen molar-refractivity contribution in [2.24, 2.45) is 0 Å². The van der Waals surface area contributed by atoms with Crippen LogP contribution in [0.4, 0.5) is 5.69 Å². The number of thiophene rings is 1. The first-order valence-electron chi connectivity index (χ1n) is 9.79. The highest BCUT2D eigenvalue weighted by molar-refractivity contribution is 7.13. The lowest BCUT2D eigenvalue weighted by atomic mass is 10.2. The van der Waals surface area contributed by atoms with Gasteiger partial charge in [-0.25, -0.2) is 9.48 Å². The van der Waals surface area contributed by atoms with Crippen molar-refractivity contribution in [2.75, 3.05) is 5.32 Å². The van der Waals surface area contributed by atoms with Gasteiger partial charge in [0.2, 0.25) is 0 Å². The number of ether oxygens (including phenoxy) is 1. The van der Waals surface area contributed by atoms with Gasteiger partial charge in [0.25, 0.3) is 5.91 Å². The third kappa shape index (κ3) is 4.73. The largest absolute Gasteiger partial charge is 0.448 e. The van der Waals surface area contributed by atoms with Crippen molar-refractivity contribution >= 4 is 28.9 Å². The second-order valence-corrected chi connectivity index (χ2v) is 7.99. The Hall–Kier alpha value is -3.71. The monoisotopic (exact) mass is 431 g/mol. The molecule has 0 aliphatic carbocycles. The van der Waals surface area contributed by atoms with Crippen molar-refractivity contribution in [3.05, 3.63) is 89.4 Å². The van der Waals surface area contributed by atoms with Gasteiger partial charge in [0.05, 0.1) is 10.6 Å². The maximum atomic E-state index is 13.0.